The first kappa shape index (κ1) is 9.79. The van der Waals surface area contributed by atoms with Crippen molar-refractivity contribution < 1.29 is 4.74 Å². The highest BCUT2D eigenvalue weighted by molar-refractivity contribution is 4.86. The number of rotatable bonds is 4. The monoisotopic (exact) mass is 168 g/mol. The van der Waals surface area contributed by atoms with Crippen LogP contribution < -0.4 is 0 Å². The van der Waals surface area contributed by atoms with E-state index < -0.39 is 0 Å². The maximum absolute atomic E-state index is 5.69. The molecule has 1 nitrogen and oxygen atoms in total. The summed E-state index contributed by atoms with van der Waals surface area (Å²) in [7, 11) is 0. The van der Waals surface area contributed by atoms with E-state index in [1.807, 2.05) is 0 Å². The van der Waals surface area contributed by atoms with Crippen LogP contribution in [0.2, 0.25) is 0 Å². The van der Waals surface area contributed by atoms with Gasteiger partial charge < -0.3 is 4.74 Å². The molecule has 0 aliphatic carbocycles. The number of allylic oxidation sites excluding steroid dienone is 2. The van der Waals surface area contributed by atoms with E-state index in [0.717, 1.165) is 13.0 Å². The van der Waals surface area contributed by atoms with Gasteiger partial charge in [-0.3, -0.25) is 0 Å². The van der Waals surface area contributed by atoms with Crippen LogP contribution in [0.5, 0.6) is 0 Å². The summed E-state index contributed by atoms with van der Waals surface area (Å²) in [4.78, 5) is 0. The number of hydrogen-bond acceptors (Lipinski definition) is 1. The second-order valence-electron chi connectivity index (χ2n) is 3.82. The van der Waals surface area contributed by atoms with Crippen molar-refractivity contribution in [3.8, 4) is 0 Å². The van der Waals surface area contributed by atoms with Crippen molar-refractivity contribution in [3.05, 3.63) is 12.2 Å². The first-order valence-electron chi connectivity index (χ1n) is 5.06. The number of hydrogen-bond donors (Lipinski definition) is 0. The smallest absolute Gasteiger partial charge is 0.0658 e. The van der Waals surface area contributed by atoms with Gasteiger partial charge in [0, 0.05) is 6.61 Å². The predicted octanol–water partition coefficient (Wildman–Crippen LogP) is 3.30. The summed E-state index contributed by atoms with van der Waals surface area (Å²) in [6.45, 7) is 5.37. The fraction of sp³-hybridized carbons (Fsp3) is 0.818. The minimum absolute atomic E-state index is 0.193. The van der Waals surface area contributed by atoms with Gasteiger partial charge in [0.15, 0.2) is 0 Å². The Balaban J connectivity index is 2.17. The third-order valence-electron chi connectivity index (χ3n) is 2.54. The van der Waals surface area contributed by atoms with Crippen molar-refractivity contribution in [1.82, 2.24) is 0 Å². The standard InChI is InChI=1S/C11H20O/c1-3-4-5-6-8-11(2)9-7-10-12-11/h4-5H,3,6-10H2,1-2H3/b5-4-. The summed E-state index contributed by atoms with van der Waals surface area (Å²) in [5.41, 5.74) is 0.193. The molecule has 0 aromatic rings. The second kappa shape index (κ2) is 4.66. The van der Waals surface area contributed by atoms with Gasteiger partial charge in [-0.15, -0.1) is 0 Å². The Morgan fingerprint density at radius 2 is 2.25 bits per heavy atom. The molecule has 1 saturated heterocycles. The highest BCUT2D eigenvalue weighted by Crippen LogP contribution is 2.29. The minimum Gasteiger partial charge on any atom is -0.375 e. The van der Waals surface area contributed by atoms with Crippen LogP contribution in [0, 0.1) is 0 Å². The molecule has 1 rings (SSSR count). The van der Waals surface area contributed by atoms with Gasteiger partial charge in [0.1, 0.15) is 0 Å². The molecule has 1 aliphatic heterocycles. The summed E-state index contributed by atoms with van der Waals surface area (Å²) in [5.74, 6) is 0. The van der Waals surface area contributed by atoms with Crippen LogP contribution in [-0.2, 0) is 4.74 Å². The Kier molecular flexibility index (Phi) is 3.80. The van der Waals surface area contributed by atoms with Crippen molar-refractivity contribution in [2.75, 3.05) is 6.61 Å². The van der Waals surface area contributed by atoms with Crippen LogP contribution >= 0.6 is 0 Å². The Labute approximate surface area is 75.8 Å². The fourth-order valence-electron chi connectivity index (χ4n) is 1.71. The lowest BCUT2D eigenvalue weighted by molar-refractivity contribution is 0.0141. The van der Waals surface area contributed by atoms with Gasteiger partial charge in [-0.1, -0.05) is 19.1 Å². The zero-order valence-electron chi connectivity index (χ0n) is 8.31. The van der Waals surface area contributed by atoms with Gasteiger partial charge in [0.05, 0.1) is 5.60 Å². The van der Waals surface area contributed by atoms with Crippen molar-refractivity contribution in [1.29, 1.82) is 0 Å². The van der Waals surface area contributed by atoms with Crippen LogP contribution in [0.3, 0.4) is 0 Å². The largest absolute Gasteiger partial charge is 0.375 e. The molecule has 1 unspecified atom stereocenters. The maximum atomic E-state index is 5.69. The molecule has 1 aliphatic rings. The van der Waals surface area contributed by atoms with Gasteiger partial charge in [0.25, 0.3) is 0 Å². The average molecular weight is 168 g/mol. The lowest BCUT2D eigenvalue weighted by atomic mass is 9.96. The third-order valence-corrected chi connectivity index (χ3v) is 2.54. The molecule has 1 atom stereocenters. The van der Waals surface area contributed by atoms with E-state index in [0.29, 0.717) is 0 Å². The van der Waals surface area contributed by atoms with Crippen molar-refractivity contribution in [2.24, 2.45) is 0 Å². The average Bonchev–Trinajstić information content (AvgIpc) is 2.47. The molecule has 0 saturated carbocycles. The predicted molar refractivity (Wildman–Crippen MR) is 52.3 cm³/mol. The van der Waals surface area contributed by atoms with E-state index >= 15 is 0 Å². The van der Waals surface area contributed by atoms with Crippen LogP contribution in [0.4, 0.5) is 0 Å². The lowest BCUT2D eigenvalue weighted by Crippen LogP contribution is -2.22. The molecule has 0 N–H and O–H groups in total. The van der Waals surface area contributed by atoms with Crippen LogP contribution in [0.15, 0.2) is 12.2 Å². The van der Waals surface area contributed by atoms with Gasteiger partial charge in [-0.2, -0.15) is 0 Å². The fourth-order valence-corrected chi connectivity index (χ4v) is 1.71. The summed E-state index contributed by atoms with van der Waals surface area (Å²) < 4.78 is 5.69. The second-order valence-corrected chi connectivity index (χ2v) is 3.82. The summed E-state index contributed by atoms with van der Waals surface area (Å²) in [6, 6.07) is 0. The van der Waals surface area contributed by atoms with Crippen LogP contribution in [0.25, 0.3) is 0 Å². The highest BCUT2D eigenvalue weighted by atomic mass is 16.5. The van der Waals surface area contributed by atoms with Crippen LogP contribution in [-0.4, -0.2) is 12.2 Å². The quantitative estimate of drug-likeness (QED) is 0.585. The first-order chi connectivity index (χ1) is 5.77. The van der Waals surface area contributed by atoms with Crippen molar-refractivity contribution in [3.63, 3.8) is 0 Å². The molecule has 70 valence electrons. The first-order valence-corrected chi connectivity index (χ1v) is 5.06. The molecule has 0 aromatic heterocycles. The van der Waals surface area contributed by atoms with Crippen LogP contribution in [0.1, 0.15) is 46.0 Å². The van der Waals surface area contributed by atoms with Gasteiger partial charge in [-0.05, 0) is 39.0 Å². The maximum Gasteiger partial charge on any atom is 0.0658 e. The molecule has 1 heterocycles. The van der Waals surface area contributed by atoms with E-state index in [-0.39, 0.29) is 5.60 Å². The molecule has 1 fully saturated rings. The van der Waals surface area contributed by atoms with E-state index in [1.165, 1.54) is 25.7 Å². The van der Waals surface area contributed by atoms with Crippen molar-refractivity contribution >= 4 is 0 Å². The third kappa shape index (κ3) is 2.98. The van der Waals surface area contributed by atoms with Gasteiger partial charge in [-0.25, -0.2) is 0 Å². The summed E-state index contributed by atoms with van der Waals surface area (Å²) in [6.07, 6.45) is 10.5. The van der Waals surface area contributed by atoms with E-state index in [4.69, 9.17) is 4.74 Å². The molecule has 0 aromatic carbocycles. The van der Waals surface area contributed by atoms with Crippen molar-refractivity contribution in [2.45, 2.75) is 51.6 Å². The summed E-state index contributed by atoms with van der Waals surface area (Å²) in [5, 5.41) is 0. The normalized spacial score (nSPS) is 30.2. The zero-order chi connectivity index (χ0) is 8.86. The van der Waals surface area contributed by atoms with E-state index in [9.17, 15) is 0 Å². The van der Waals surface area contributed by atoms with Gasteiger partial charge >= 0.3 is 0 Å². The SMILES string of the molecule is CC/C=C\CCC1(C)CCCO1. The minimum atomic E-state index is 0.193. The molecule has 0 bridgehead atoms. The topological polar surface area (TPSA) is 9.23 Å². The number of ether oxygens (including phenoxy) is 1. The Hall–Kier alpha value is -0.300. The van der Waals surface area contributed by atoms with Gasteiger partial charge in [0.2, 0.25) is 0 Å². The Bertz CT molecular complexity index is 143. The molecular formula is C11H20O. The lowest BCUT2D eigenvalue weighted by Gasteiger charge is -2.21. The molecular weight excluding hydrogens is 148 g/mol. The summed E-state index contributed by atoms with van der Waals surface area (Å²) >= 11 is 0. The highest BCUT2D eigenvalue weighted by Gasteiger charge is 2.28. The molecule has 12 heavy (non-hydrogen) atoms. The van der Waals surface area contributed by atoms with E-state index in [1.54, 1.807) is 0 Å². The molecule has 0 amide bonds. The Morgan fingerprint density at radius 3 is 2.83 bits per heavy atom. The molecule has 0 spiro atoms. The zero-order valence-corrected chi connectivity index (χ0v) is 8.31. The molecule has 0 radical (unpaired) electrons. The van der Waals surface area contributed by atoms with E-state index in [2.05, 4.69) is 26.0 Å². The molecule has 1 heteroatoms. The Morgan fingerprint density at radius 1 is 1.42 bits per heavy atom.